The van der Waals surface area contributed by atoms with Crippen LogP contribution in [0.4, 0.5) is 0 Å². The standard InChI is InChI=1S/C20H28BrN3O5/c1-23-5-3-13-16(18(26-2)20-19(17(13)21)28-12-29-20)14(23)11-15(25)22-4-6-24-7-9-27-10-8-24/h14H,3-12H2,1-2H3,(H,22,25). The van der Waals surface area contributed by atoms with Crippen LogP contribution in [0.15, 0.2) is 4.47 Å². The zero-order valence-electron chi connectivity index (χ0n) is 17.0. The normalized spacial score (nSPS) is 21.7. The molecule has 1 unspecified atom stereocenters. The second-order valence-corrected chi connectivity index (χ2v) is 8.35. The topological polar surface area (TPSA) is 72.5 Å². The molecular weight excluding hydrogens is 442 g/mol. The van der Waals surface area contributed by atoms with Crippen LogP contribution in [-0.2, 0) is 16.0 Å². The number of hydrogen-bond donors (Lipinski definition) is 1. The van der Waals surface area contributed by atoms with E-state index in [0.29, 0.717) is 30.2 Å². The van der Waals surface area contributed by atoms with Crippen LogP contribution in [0.5, 0.6) is 17.2 Å². The number of carbonyl (C=O) groups excluding carboxylic acids is 1. The molecule has 3 aliphatic rings. The van der Waals surface area contributed by atoms with Crippen molar-refractivity contribution in [2.75, 3.05) is 66.9 Å². The largest absolute Gasteiger partial charge is 0.492 e. The van der Waals surface area contributed by atoms with Crippen molar-refractivity contribution in [3.8, 4) is 17.2 Å². The van der Waals surface area contributed by atoms with Crippen LogP contribution in [0.1, 0.15) is 23.6 Å². The molecule has 1 fully saturated rings. The molecule has 3 heterocycles. The minimum absolute atomic E-state index is 0.0406. The monoisotopic (exact) mass is 469 g/mol. The van der Waals surface area contributed by atoms with E-state index in [1.165, 1.54) is 0 Å². The first kappa shape index (κ1) is 20.7. The average molecular weight is 470 g/mol. The minimum Gasteiger partial charge on any atom is -0.492 e. The van der Waals surface area contributed by atoms with Crippen LogP contribution in [-0.4, -0.2) is 82.6 Å². The molecule has 1 aromatic rings. The Morgan fingerprint density at radius 3 is 2.76 bits per heavy atom. The second-order valence-electron chi connectivity index (χ2n) is 7.56. The Hall–Kier alpha value is -1.55. The maximum atomic E-state index is 12.7. The summed E-state index contributed by atoms with van der Waals surface area (Å²) in [6.07, 6.45) is 1.23. The molecule has 1 N–H and O–H groups in total. The van der Waals surface area contributed by atoms with Crippen molar-refractivity contribution in [2.24, 2.45) is 0 Å². The Labute approximate surface area is 179 Å². The highest BCUT2D eigenvalue weighted by Crippen LogP contribution is 2.54. The quantitative estimate of drug-likeness (QED) is 0.677. The number of nitrogens with zero attached hydrogens (tertiary/aromatic N) is 2. The molecule has 0 bridgehead atoms. The van der Waals surface area contributed by atoms with E-state index in [2.05, 4.69) is 31.0 Å². The van der Waals surface area contributed by atoms with Gasteiger partial charge in [0.2, 0.25) is 18.4 Å². The van der Waals surface area contributed by atoms with Gasteiger partial charge >= 0.3 is 0 Å². The summed E-state index contributed by atoms with van der Waals surface area (Å²) in [4.78, 5) is 17.3. The van der Waals surface area contributed by atoms with Crippen molar-refractivity contribution >= 4 is 21.8 Å². The molecule has 1 amide bonds. The van der Waals surface area contributed by atoms with Gasteiger partial charge in [0.05, 0.1) is 24.8 Å². The van der Waals surface area contributed by atoms with Crippen LogP contribution >= 0.6 is 15.9 Å². The summed E-state index contributed by atoms with van der Waals surface area (Å²) in [5.41, 5.74) is 2.15. The molecule has 160 valence electrons. The Bertz CT molecular complexity index is 769. The number of benzene rings is 1. The van der Waals surface area contributed by atoms with Gasteiger partial charge in [0.1, 0.15) is 0 Å². The fourth-order valence-electron chi connectivity index (χ4n) is 4.27. The number of rotatable bonds is 6. The minimum atomic E-state index is -0.0807. The highest BCUT2D eigenvalue weighted by atomic mass is 79.9. The molecule has 1 atom stereocenters. The Balaban J connectivity index is 1.48. The van der Waals surface area contributed by atoms with Gasteiger partial charge in [-0.05, 0) is 35.0 Å². The van der Waals surface area contributed by atoms with Crippen LogP contribution < -0.4 is 19.5 Å². The summed E-state index contributed by atoms with van der Waals surface area (Å²) in [5.74, 6) is 2.03. The van der Waals surface area contributed by atoms with Crippen molar-refractivity contribution in [2.45, 2.75) is 18.9 Å². The molecule has 0 spiro atoms. The zero-order chi connectivity index (χ0) is 20.4. The molecule has 0 aromatic heterocycles. The SMILES string of the molecule is COc1c2c(c(Br)c3c1C(CC(=O)NCCN1CCOCC1)N(C)CC3)OCO2. The van der Waals surface area contributed by atoms with Crippen molar-refractivity contribution < 1.29 is 23.7 Å². The maximum Gasteiger partial charge on any atom is 0.231 e. The Morgan fingerprint density at radius 2 is 2.00 bits per heavy atom. The number of likely N-dealkylation sites (N-methyl/N-ethyl adjacent to an activating group) is 1. The molecule has 4 rings (SSSR count). The number of fused-ring (bicyclic) bond motifs is 2. The number of ether oxygens (including phenoxy) is 4. The lowest BCUT2D eigenvalue weighted by molar-refractivity contribution is -0.122. The van der Waals surface area contributed by atoms with Crippen molar-refractivity contribution in [1.82, 2.24) is 15.1 Å². The van der Waals surface area contributed by atoms with Crippen LogP contribution in [0.2, 0.25) is 0 Å². The molecule has 9 heteroatoms. The first-order valence-corrected chi connectivity index (χ1v) is 10.8. The predicted octanol–water partition coefficient (Wildman–Crippen LogP) is 1.55. The number of morpholine rings is 1. The van der Waals surface area contributed by atoms with Gasteiger partial charge in [-0.15, -0.1) is 0 Å². The van der Waals surface area contributed by atoms with E-state index in [1.54, 1.807) is 7.11 Å². The highest BCUT2D eigenvalue weighted by Gasteiger charge is 2.37. The van der Waals surface area contributed by atoms with Gasteiger partial charge in [0.15, 0.2) is 11.5 Å². The van der Waals surface area contributed by atoms with E-state index >= 15 is 0 Å². The van der Waals surface area contributed by atoms with E-state index in [1.807, 2.05) is 7.05 Å². The molecule has 0 radical (unpaired) electrons. The average Bonchev–Trinajstić information content (AvgIpc) is 3.21. The zero-order valence-corrected chi connectivity index (χ0v) is 18.5. The Kier molecular flexibility index (Phi) is 6.48. The maximum absolute atomic E-state index is 12.7. The Morgan fingerprint density at radius 1 is 1.24 bits per heavy atom. The first-order valence-electron chi connectivity index (χ1n) is 10.0. The first-order chi connectivity index (χ1) is 14.1. The smallest absolute Gasteiger partial charge is 0.231 e. The predicted molar refractivity (Wildman–Crippen MR) is 111 cm³/mol. The second kappa shape index (κ2) is 9.07. The molecule has 0 aliphatic carbocycles. The van der Waals surface area contributed by atoms with E-state index in [0.717, 1.165) is 61.4 Å². The van der Waals surface area contributed by atoms with Gasteiger partial charge < -0.3 is 24.3 Å². The number of halogens is 1. The van der Waals surface area contributed by atoms with E-state index in [4.69, 9.17) is 18.9 Å². The summed E-state index contributed by atoms with van der Waals surface area (Å²) in [6, 6.07) is -0.0807. The summed E-state index contributed by atoms with van der Waals surface area (Å²) in [7, 11) is 3.69. The van der Waals surface area contributed by atoms with Gasteiger partial charge in [0, 0.05) is 50.7 Å². The fraction of sp³-hybridized carbons (Fsp3) is 0.650. The lowest BCUT2D eigenvalue weighted by Crippen LogP contribution is -2.42. The van der Waals surface area contributed by atoms with Crippen LogP contribution in [0.25, 0.3) is 0 Å². The van der Waals surface area contributed by atoms with Gasteiger partial charge in [-0.3, -0.25) is 14.6 Å². The van der Waals surface area contributed by atoms with Gasteiger partial charge in [-0.1, -0.05) is 0 Å². The summed E-state index contributed by atoms with van der Waals surface area (Å²) < 4.78 is 23.3. The van der Waals surface area contributed by atoms with Crippen molar-refractivity contribution in [1.29, 1.82) is 0 Å². The molecule has 1 aromatic carbocycles. The number of carbonyl (C=O) groups is 1. The molecule has 0 saturated carbocycles. The number of methoxy groups -OCH3 is 1. The lowest BCUT2D eigenvalue weighted by Gasteiger charge is -2.36. The van der Waals surface area contributed by atoms with Gasteiger partial charge in [-0.25, -0.2) is 0 Å². The fourth-order valence-corrected chi connectivity index (χ4v) is 4.98. The third kappa shape index (κ3) is 4.19. The van der Waals surface area contributed by atoms with E-state index in [9.17, 15) is 4.79 Å². The molecule has 3 aliphatic heterocycles. The van der Waals surface area contributed by atoms with Gasteiger partial charge in [-0.2, -0.15) is 0 Å². The summed E-state index contributed by atoms with van der Waals surface area (Å²) in [6.45, 7) is 5.91. The van der Waals surface area contributed by atoms with E-state index in [-0.39, 0.29) is 18.7 Å². The molecule has 29 heavy (non-hydrogen) atoms. The highest BCUT2D eigenvalue weighted by molar-refractivity contribution is 9.10. The summed E-state index contributed by atoms with van der Waals surface area (Å²) in [5, 5.41) is 3.08. The summed E-state index contributed by atoms with van der Waals surface area (Å²) >= 11 is 3.69. The third-order valence-electron chi connectivity index (χ3n) is 5.87. The van der Waals surface area contributed by atoms with Crippen molar-refractivity contribution in [3.05, 3.63) is 15.6 Å². The van der Waals surface area contributed by atoms with E-state index < -0.39 is 0 Å². The molecular formula is C20H28BrN3O5. The molecule has 1 saturated heterocycles. The van der Waals surface area contributed by atoms with Gasteiger partial charge in [0.25, 0.3) is 0 Å². The third-order valence-corrected chi connectivity index (χ3v) is 6.71. The molecule has 8 nitrogen and oxygen atoms in total. The van der Waals surface area contributed by atoms with Crippen molar-refractivity contribution in [3.63, 3.8) is 0 Å². The number of amides is 1. The number of hydrogen-bond acceptors (Lipinski definition) is 7. The van der Waals surface area contributed by atoms with Crippen LogP contribution in [0, 0.1) is 0 Å². The lowest BCUT2D eigenvalue weighted by atomic mass is 9.89. The van der Waals surface area contributed by atoms with Crippen LogP contribution in [0.3, 0.4) is 0 Å². The number of nitrogens with one attached hydrogen (secondary N) is 1.